The average Bonchev–Trinajstić information content (AvgIpc) is 2.77. The number of nitrogens with zero attached hydrogens (tertiary/aromatic N) is 1. The fourth-order valence-electron chi connectivity index (χ4n) is 1.67. The lowest BCUT2D eigenvalue weighted by molar-refractivity contribution is 0.426. The van der Waals surface area contributed by atoms with Crippen molar-refractivity contribution in [3.63, 3.8) is 0 Å². The second-order valence-corrected chi connectivity index (χ2v) is 6.79. The van der Waals surface area contributed by atoms with Gasteiger partial charge in [0.15, 0.2) is 0 Å². The number of halogens is 1. The van der Waals surface area contributed by atoms with Crippen LogP contribution >= 0.6 is 11.3 Å². The summed E-state index contributed by atoms with van der Waals surface area (Å²) in [5, 5.41) is 4.38. The number of hydrogen-bond donors (Lipinski definition) is 1. The molecule has 0 fully saturated rings. The van der Waals surface area contributed by atoms with Crippen molar-refractivity contribution < 1.29 is 4.39 Å². The Labute approximate surface area is 117 Å². The van der Waals surface area contributed by atoms with Crippen molar-refractivity contribution >= 4 is 11.3 Å². The molecule has 1 heterocycles. The van der Waals surface area contributed by atoms with E-state index in [9.17, 15) is 4.39 Å². The van der Waals surface area contributed by atoms with Crippen LogP contribution in [-0.2, 0) is 13.0 Å². The minimum absolute atomic E-state index is 0.0929. The van der Waals surface area contributed by atoms with Gasteiger partial charge in [-0.3, -0.25) is 0 Å². The summed E-state index contributed by atoms with van der Waals surface area (Å²) in [6, 6.07) is 6.86. The molecule has 102 valence electrons. The molecule has 0 saturated heterocycles. The maximum Gasteiger partial charge on any atom is 0.126 e. The number of hydrogen-bond acceptors (Lipinski definition) is 3. The molecule has 0 radical (unpaired) electrons. The van der Waals surface area contributed by atoms with Crippen LogP contribution in [0.3, 0.4) is 0 Å². The monoisotopic (exact) mass is 278 g/mol. The number of nitrogens with one attached hydrogen (secondary N) is 1. The molecule has 2 aromatic rings. The van der Waals surface area contributed by atoms with Gasteiger partial charge in [0.2, 0.25) is 0 Å². The van der Waals surface area contributed by atoms with Gasteiger partial charge in [-0.05, 0) is 32.4 Å². The van der Waals surface area contributed by atoms with Gasteiger partial charge in [-0.1, -0.05) is 18.2 Å². The van der Waals surface area contributed by atoms with Gasteiger partial charge in [0, 0.05) is 29.6 Å². The summed E-state index contributed by atoms with van der Waals surface area (Å²) in [4.78, 5) is 5.55. The molecular weight excluding hydrogens is 259 g/mol. The summed E-state index contributed by atoms with van der Waals surface area (Å²) < 4.78 is 13.6. The van der Waals surface area contributed by atoms with E-state index in [1.807, 2.05) is 18.3 Å². The zero-order valence-corrected chi connectivity index (χ0v) is 12.4. The fraction of sp³-hybridized carbons (Fsp3) is 0.400. The van der Waals surface area contributed by atoms with Gasteiger partial charge in [-0.2, -0.15) is 0 Å². The first kappa shape index (κ1) is 14.2. The van der Waals surface area contributed by atoms with E-state index in [4.69, 9.17) is 0 Å². The highest BCUT2D eigenvalue weighted by Gasteiger charge is 2.11. The SMILES string of the molecule is CC(C)(C)NCc1cnc(Cc2ccccc2F)s1. The Balaban J connectivity index is 2.00. The Morgan fingerprint density at radius 2 is 2.00 bits per heavy atom. The van der Waals surface area contributed by atoms with Crippen LogP contribution in [0, 0.1) is 5.82 Å². The topological polar surface area (TPSA) is 24.9 Å². The van der Waals surface area contributed by atoms with E-state index in [-0.39, 0.29) is 11.4 Å². The van der Waals surface area contributed by atoms with Gasteiger partial charge in [-0.25, -0.2) is 9.37 Å². The predicted octanol–water partition coefficient (Wildman–Crippen LogP) is 3.76. The van der Waals surface area contributed by atoms with E-state index >= 15 is 0 Å². The summed E-state index contributed by atoms with van der Waals surface area (Å²) >= 11 is 1.64. The first-order valence-electron chi connectivity index (χ1n) is 6.36. The molecule has 1 aromatic heterocycles. The van der Waals surface area contributed by atoms with Crippen LogP contribution in [0.25, 0.3) is 0 Å². The van der Waals surface area contributed by atoms with Gasteiger partial charge >= 0.3 is 0 Å². The van der Waals surface area contributed by atoms with E-state index in [1.165, 1.54) is 10.9 Å². The number of benzene rings is 1. The lowest BCUT2D eigenvalue weighted by Crippen LogP contribution is -2.34. The molecule has 1 aromatic carbocycles. The fourth-order valence-corrected chi connectivity index (χ4v) is 2.55. The van der Waals surface area contributed by atoms with Crippen LogP contribution in [-0.4, -0.2) is 10.5 Å². The molecule has 0 spiro atoms. The van der Waals surface area contributed by atoms with Crippen LogP contribution in [0.1, 0.15) is 36.2 Å². The summed E-state index contributed by atoms with van der Waals surface area (Å²) in [7, 11) is 0. The smallest absolute Gasteiger partial charge is 0.126 e. The Morgan fingerprint density at radius 1 is 1.26 bits per heavy atom. The third kappa shape index (κ3) is 4.40. The Kier molecular flexibility index (Phi) is 4.32. The standard InChI is InChI=1S/C15H19FN2S/c1-15(2,3)18-10-12-9-17-14(19-12)8-11-6-4-5-7-13(11)16/h4-7,9,18H,8,10H2,1-3H3. The number of rotatable bonds is 4. The van der Waals surface area contributed by atoms with E-state index < -0.39 is 0 Å². The second kappa shape index (κ2) is 5.80. The number of aromatic nitrogens is 1. The minimum Gasteiger partial charge on any atom is -0.307 e. The maximum absolute atomic E-state index is 13.6. The normalized spacial score (nSPS) is 11.8. The van der Waals surface area contributed by atoms with Crippen molar-refractivity contribution in [2.75, 3.05) is 0 Å². The first-order valence-corrected chi connectivity index (χ1v) is 7.18. The van der Waals surface area contributed by atoms with E-state index in [0.29, 0.717) is 12.0 Å². The molecule has 0 amide bonds. The third-order valence-corrected chi connectivity index (χ3v) is 3.69. The molecule has 19 heavy (non-hydrogen) atoms. The van der Waals surface area contributed by atoms with E-state index in [0.717, 1.165) is 11.6 Å². The molecule has 4 heteroatoms. The molecule has 2 nitrogen and oxygen atoms in total. The van der Waals surface area contributed by atoms with Crippen molar-refractivity contribution in [1.82, 2.24) is 10.3 Å². The lowest BCUT2D eigenvalue weighted by atomic mass is 10.1. The molecule has 0 aliphatic heterocycles. The highest BCUT2D eigenvalue weighted by molar-refractivity contribution is 7.11. The Morgan fingerprint density at radius 3 is 2.68 bits per heavy atom. The Hall–Kier alpha value is -1.26. The Bertz CT molecular complexity index is 543. The molecule has 0 aliphatic carbocycles. The molecule has 0 atom stereocenters. The van der Waals surface area contributed by atoms with Crippen LogP contribution in [0.5, 0.6) is 0 Å². The minimum atomic E-state index is -0.160. The van der Waals surface area contributed by atoms with Gasteiger partial charge in [0.1, 0.15) is 5.82 Å². The van der Waals surface area contributed by atoms with Crippen molar-refractivity contribution in [1.29, 1.82) is 0 Å². The van der Waals surface area contributed by atoms with Crippen LogP contribution < -0.4 is 5.32 Å². The summed E-state index contributed by atoms with van der Waals surface area (Å²) in [5.74, 6) is -0.160. The van der Waals surface area contributed by atoms with Gasteiger partial charge < -0.3 is 5.32 Å². The second-order valence-electron chi connectivity index (χ2n) is 5.59. The summed E-state index contributed by atoms with van der Waals surface area (Å²) in [6.45, 7) is 7.20. The van der Waals surface area contributed by atoms with Crippen molar-refractivity contribution in [2.45, 2.75) is 39.3 Å². The molecule has 0 bridgehead atoms. The largest absolute Gasteiger partial charge is 0.307 e. The van der Waals surface area contributed by atoms with Crippen molar-refractivity contribution in [3.8, 4) is 0 Å². The lowest BCUT2D eigenvalue weighted by Gasteiger charge is -2.19. The zero-order chi connectivity index (χ0) is 13.9. The highest BCUT2D eigenvalue weighted by atomic mass is 32.1. The summed E-state index contributed by atoms with van der Waals surface area (Å²) in [6.07, 6.45) is 2.44. The average molecular weight is 278 g/mol. The van der Waals surface area contributed by atoms with Crippen molar-refractivity contribution in [2.24, 2.45) is 0 Å². The van der Waals surface area contributed by atoms with Crippen LogP contribution in [0.15, 0.2) is 30.5 Å². The van der Waals surface area contributed by atoms with Crippen LogP contribution in [0.2, 0.25) is 0 Å². The molecule has 1 N–H and O–H groups in total. The van der Waals surface area contributed by atoms with E-state index in [1.54, 1.807) is 17.4 Å². The maximum atomic E-state index is 13.6. The van der Waals surface area contributed by atoms with Gasteiger partial charge in [0.05, 0.1) is 5.01 Å². The molecule has 0 unspecified atom stereocenters. The van der Waals surface area contributed by atoms with Gasteiger partial charge in [0.25, 0.3) is 0 Å². The van der Waals surface area contributed by atoms with Crippen LogP contribution in [0.4, 0.5) is 4.39 Å². The molecule has 0 aliphatic rings. The molecule has 0 saturated carbocycles. The van der Waals surface area contributed by atoms with Crippen molar-refractivity contribution in [3.05, 3.63) is 51.7 Å². The zero-order valence-electron chi connectivity index (χ0n) is 11.5. The van der Waals surface area contributed by atoms with E-state index in [2.05, 4.69) is 31.1 Å². The quantitative estimate of drug-likeness (QED) is 0.921. The van der Waals surface area contributed by atoms with Gasteiger partial charge in [-0.15, -0.1) is 11.3 Å². The number of thiazole rings is 1. The molecular formula is C15H19FN2S. The summed E-state index contributed by atoms with van der Waals surface area (Å²) in [5.41, 5.74) is 0.794. The highest BCUT2D eigenvalue weighted by Crippen LogP contribution is 2.19. The molecule has 2 rings (SSSR count). The predicted molar refractivity (Wildman–Crippen MR) is 77.9 cm³/mol. The third-order valence-electron chi connectivity index (χ3n) is 2.69. The first-order chi connectivity index (χ1) is 8.94.